The SMILES string of the molecule is Cc1ccc(F)c(OCCNCCC(C)C)c1. The van der Waals surface area contributed by atoms with Gasteiger partial charge >= 0.3 is 0 Å². The zero-order chi connectivity index (χ0) is 12.7. The molecule has 0 bridgehead atoms. The molecule has 1 aromatic rings. The van der Waals surface area contributed by atoms with Gasteiger partial charge in [-0.25, -0.2) is 4.39 Å². The van der Waals surface area contributed by atoms with E-state index in [0.717, 1.165) is 25.1 Å². The van der Waals surface area contributed by atoms with Crippen molar-refractivity contribution in [1.82, 2.24) is 5.32 Å². The van der Waals surface area contributed by atoms with Gasteiger partial charge in [0.2, 0.25) is 0 Å². The van der Waals surface area contributed by atoms with Crippen LogP contribution < -0.4 is 10.1 Å². The highest BCUT2D eigenvalue weighted by Gasteiger charge is 2.02. The Hall–Kier alpha value is -1.09. The summed E-state index contributed by atoms with van der Waals surface area (Å²) >= 11 is 0. The van der Waals surface area contributed by atoms with Crippen LogP contribution in [0.25, 0.3) is 0 Å². The van der Waals surface area contributed by atoms with Gasteiger partial charge in [0, 0.05) is 6.54 Å². The topological polar surface area (TPSA) is 21.3 Å². The van der Waals surface area contributed by atoms with Crippen molar-refractivity contribution in [2.75, 3.05) is 19.7 Å². The lowest BCUT2D eigenvalue weighted by atomic mass is 10.1. The minimum absolute atomic E-state index is 0.294. The Bertz CT molecular complexity index is 339. The minimum Gasteiger partial charge on any atom is -0.489 e. The zero-order valence-corrected chi connectivity index (χ0v) is 10.9. The number of rotatable bonds is 7. The van der Waals surface area contributed by atoms with Crippen LogP contribution in [-0.4, -0.2) is 19.7 Å². The summed E-state index contributed by atoms with van der Waals surface area (Å²) in [6.07, 6.45) is 1.15. The van der Waals surface area contributed by atoms with Gasteiger partial charge in [-0.15, -0.1) is 0 Å². The van der Waals surface area contributed by atoms with Crippen LogP contribution in [0.2, 0.25) is 0 Å². The number of benzene rings is 1. The van der Waals surface area contributed by atoms with E-state index in [1.165, 1.54) is 6.07 Å². The Morgan fingerprint density at radius 3 is 2.76 bits per heavy atom. The number of halogens is 1. The lowest BCUT2D eigenvalue weighted by Crippen LogP contribution is -2.23. The highest BCUT2D eigenvalue weighted by molar-refractivity contribution is 5.29. The van der Waals surface area contributed by atoms with Gasteiger partial charge in [-0.2, -0.15) is 0 Å². The molecule has 0 aromatic heterocycles. The molecular weight excluding hydrogens is 217 g/mol. The van der Waals surface area contributed by atoms with Crippen molar-refractivity contribution in [3.05, 3.63) is 29.6 Å². The lowest BCUT2D eigenvalue weighted by Gasteiger charge is -2.09. The fourth-order valence-electron chi connectivity index (χ4n) is 1.47. The zero-order valence-electron chi connectivity index (χ0n) is 10.9. The predicted molar refractivity (Wildman–Crippen MR) is 69.0 cm³/mol. The molecule has 1 N–H and O–H groups in total. The summed E-state index contributed by atoms with van der Waals surface area (Å²) in [7, 11) is 0. The van der Waals surface area contributed by atoms with E-state index in [2.05, 4.69) is 19.2 Å². The van der Waals surface area contributed by atoms with Crippen LogP contribution >= 0.6 is 0 Å². The van der Waals surface area contributed by atoms with Gasteiger partial charge in [0.25, 0.3) is 0 Å². The van der Waals surface area contributed by atoms with Gasteiger partial charge in [-0.05, 0) is 43.5 Å². The van der Waals surface area contributed by atoms with E-state index >= 15 is 0 Å². The van der Waals surface area contributed by atoms with Gasteiger partial charge < -0.3 is 10.1 Å². The molecule has 0 aliphatic carbocycles. The quantitative estimate of drug-likeness (QED) is 0.738. The molecule has 0 saturated heterocycles. The molecule has 0 heterocycles. The van der Waals surface area contributed by atoms with Crippen LogP contribution in [-0.2, 0) is 0 Å². The van der Waals surface area contributed by atoms with E-state index in [1.54, 1.807) is 12.1 Å². The first-order chi connectivity index (χ1) is 8.09. The van der Waals surface area contributed by atoms with Crippen LogP contribution in [0, 0.1) is 18.7 Å². The monoisotopic (exact) mass is 239 g/mol. The molecule has 17 heavy (non-hydrogen) atoms. The third-order valence-corrected chi connectivity index (χ3v) is 2.52. The maximum absolute atomic E-state index is 13.3. The molecule has 0 amide bonds. The average molecular weight is 239 g/mol. The van der Waals surface area contributed by atoms with E-state index in [9.17, 15) is 4.39 Å². The summed E-state index contributed by atoms with van der Waals surface area (Å²) < 4.78 is 18.7. The number of ether oxygens (including phenoxy) is 1. The highest BCUT2D eigenvalue weighted by atomic mass is 19.1. The van der Waals surface area contributed by atoms with Crippen LogP contribution in [0.3, 0.4) is 0 Å². The van der Waals surface area contributed by atoms with Gasteiger partial charge in [-0.3, -0.25) is 0 Å². The number of hydrogen-bond donors (Lipinski definition) is 1. The standard InChI is InChI=1S/C14H22FNO/c1-11(2)6-7-16-8-9-17-14-10-12(3)4-5-13(14)15/h4-5,10-11,16H,6-9H2,1-3H3. The van der Waals surface area contributed by atoms with E-state index < -0.39 is 0 Å². The molecular formula is C14H22FNO. The summed E-state index contributed by atoms with van der Waals surface area (Å²) in [5.41, 5.74) is 1.01. The molecule has 3 heteroatoms. The Morgan fingerprint density at radius 2 is 2.06 bits per heavy atom. The second kappa shape index (κ2) is 7.28. The first-order valence-electron chi connectivity index (χ1n) is 6.19. The van der Waals surface area contributed by atoms with Crippen molar-refractivity contribution in [3.8, 4) is 5.75 Å². The summed E-state index contributed by atoms with van der Waals surface area (Å²) in [4.78, 5) is 0. The first kappa shape index (κ1) is 14.0. The van der Waals surface area contributed by atoms with Crippen molar-refractivity contribution >= 4 is 0 Å². The molecule has 0 unspecified atom stereocenters. The Morgan fingerprint density at radius 1 is 1.29 bits per heavy atom. The van der Waals surface area contributed by atoms with Crippen LogP contribution in [0.4, 0.5) is 4.39 Å². The summed E-state index contributed by atoms with van der Waals surface area (Å²) in [5.74, 6) is 0.756. The number of nitrogens with one attached hydrogen (secondary N) is 1. The molecule has 2 nitrogen and oxygen atoms in total. The van der Waals surface area contributed by atoms with Crippen molar-refractivity contribution in [3.63, 3.8) is 0 Å². The smallest absolute Gasteiger partial charge is 0.165 e. The lowest BCUT2D eigenvalue weighted by molar-refractivity contribution is 0.297. The summed E-state index contributed by atoms with van der Waals surface area (Å²) in [6, 6.07) is 4.91. The van der Waals surface area contributed by atoms with Crippen molar-refractivity contribution in [1.29, 1.82) is 0 Å². The largest absolute Gasteiger partial charge is 0.489 e. The van der Waals surface area contributed by atoms with Gasteiger partial charge in [-0.1, -0.05) is 19.9 Å². The molecule has 1 aromatic carbocycles. The van der Waals surface area contributed by atoms with E-state index in [-0.39, 0.29) is 5.82 Å². The average Bonchev–Trinajstić information content (AvgIpc) is 2.27. The van der Waals surface area contributed by atoms with Gasteiger partial charge in [0.1, 0.15) is 6.61 Å². The van der Waals surface area contributed by atoms with Crippen LogP contribution in [0.5, 0.6) is 5.75 Å². The van der Waals surface area contributed by atoms with Crippen molar-refractivity contribution in [2.45, 2.75) is 27.2 Å². The Balaban J connectivity index is 2.20. The molecule has 0 radical (unpaired) electrons. The van der Waals surface area contributed by atoms with E-state index in [1.807, 2.05) is 6.92 Å². The Kier molecular flexibility index (Phi) is 5.98. The van der Waals surface area contributed by atoms with E-state index in [4.69, 9.17) is 4.74 Å². The number of aryl methyl sites for hydroxylation is 1. The van der Waals surface area contributed by atoms with E-state index in [0.29, 0.717) is 18.3 Å². The Labute approximate surface area is 103 Å². The fourth-order valence-corrected chi connectivity index (χ4v) is 1.47. The fraction of sp³-hybridized carbons (Fsp3) is 0.571. The molecule has 0 saturated carbocycles. The normalized spacial score (nSPS) is 10.9. The predicted octanol–water partition coefficient (Wildman–Crippen LogP) is 3.15. The second-order valence-electron chi connectivity index (χ2n) is 4.71. The van der Waals surface area contributed by atoms with Crippen molar-refractivity contribution < 1.29 is 9.13 Å². The molecule has 0 aliphatic rings. The molecule has 0 aliphatic heterocycles. The molecule has 0 atom stereocenters. The summed E-state index contributed by atoms with van der Waals surface area (Å²) in [6.45, 7) is 8.55. The summed E-state index contributed by atoms with van der Waals surface area (Å²) in [5, 5.41) is 3.27. The van der Waals surface area contributed by atoms with Crippen LogP contribution in [0.15, 0.2) is 18.2 Å². The first-order valence-corrected chi connectivity index (χ1v) is 6.19. The number of hydrogen-bond acceptors (Lipinski definition) is 2. The molecule has 1 rings (SSSR count). The van der Waals surface area contributed by atoms with Crippen LogP contribution in [0.1, 0.15) is 25.8 Å². The van der Waals surface area contributed by atoms with Gasteiger partial charge in [0.05, 0.1) is 0 Å². The van der Waals surface area contributed by atoms with Gasteiger partial charge in [0.15, 0.2) is 11.6 Å². The minimum atomic E-state index is -0.294. The molecule has 0 spiro atoms. The second-order valence-corrected chi connectivity index (χ2v) is 4.71. The highest BCUT2D eigenvalue weighted by Crippen LogP contribution is 2.17. The third kappa shape index (κ3) is 5.68. The third-order valence-electron chi connectivity index (χ3n) is 2.52. The maximum Gasteiger partial charge on any atom is 0.165 e. The maximum atomic E-state index is 13.3. The van der Waals surface area contributed by atoms with Crippen molar-refractivity contribution in [2.24, 2.45) is 5.92 Å². The molecule has 0 fully saturated rings. The molecule has 96 valence electrons.